The first-order chi connectivity index (χ1) is 10.1. The highest BCUT2D eigenvalue weighted by Crippen LogP contribution is 2.31. The van der Waals surface area contributed by atoms with Crippen molar-refractivity contribution >= 4 is 15.9 Å². The number of hydrogen-bond acceptors (Lipinski definition) is 4. The van der Waals surface area contributed by atoms with Crippen molar-refractivity contribution in [3.05, 3.63) is 52.3 Å². The van der Waals surface area contributed by atoms with Gasteiger partial charge in [0.25, 0.3) is 5.89 Å². The van der Waals surface area contributed by atoms with Crippen molar-refractivity contribution in [2.24, 2.45) is 0 Å². The molecule has 0 aliphatic rings. The van der Waals surface area contributed by atoms with E-state index in [0.717, 1.165) is 0 Å². The molecule has 106 valence electrons. The maximum Gasteiger partial charge on any atom is 0.258 e. The summed E-state index contributed by atoms with van der Waals surface area (Å²) in [7, 11) is 0. The molecular formula is C15H10BrFN2O2. The average molecular weight is 349 g/mol. The number of aromatic nitrogens is 2. The Bertz CT molecular complexity index is 817. The van der Waals surface area contributed by atoms with Crippen molar-refractivity contribution in [1.82, 2.24) is 10.1 Å². The van der Waals surface area contributed by atoms with Crippen LogP contribution in [0.1, 0.15) is 5.56 Å². The number of hydrogen-bond donors (Lipinski definition) is 1. The van der Waals surface area contributed by atoms with Crippen molar-refractivity contribution in [3.63, 3.8) is 0 Å². The predicted octanol–water partition coefficient (Wildman–Crippen LogP) is 4.32. The molecule has 6 heteroatoms. The van der Waals surface area contributed by atoms with E-state index in [4.69, 9.17) is 4.52 Å². The maximum atomic E-state index is 13.1. The molecule has 0 fully saturated rings. The summed E-state index contributed by atoms with van der Waals surface area (Å²) in [5.41, 5.74) is 1.95. The van der Waals surface area contributed by atoms with Gasteiger partial charge < -0.3 is 9.63 Å². The van der Waals surface area contributed by atoms with Crippen LogP contribution >= 0.6 is 15.9 Å². The van der Waals surface area contributed by atoms with Gasteiger partial charge >= 0.3 is 0 Å². The summed E-state index contributed by atoms with van der Waals surface area (Å²) in [5, 5.41) is 13.6. The van der Waals surface area contributed by atoms with Gasteiger partial charge in [-0.3, -0.25) is 0 Å². The van der Waals surface area contributed by atoms with Gasteiger partial charge in [-0.25, -0.2) is 4.39 Å². The average Bonchev–Trinajstić information content (AvgIpc) is 2.91. The Balaban J connectivity index is 2.06. The van der Waals surface area contributed by atoms with E-state index in [0.29, 0.717) is 32.9 Å². The van der Waals surface area contributed by atoms with Crippen LogP contribution in [0, 0.1) is 12.7 Å². The van der Waals surface area contributed by atoms with Gasteiger partial charge in [-0.1, -0.05) is 11.2 Å². The van der Waals surface area contributed by atoms with Gasteiger partial charge in [-0.05, 0) is 53.2 Å². The minimum absolute atomic E-state index is 0.162. The van der Waals surface area contributed by atoms with Gasteiger partial charge in [-0.2, -0.15) is 4.98 Å². The van der Waals surface area contributed by atoms with Crippen molar-refractivity contribution in [3.8, 4) is 28.6 Å². The monoisotopic (exact) mass is 348 g/mol. The molecule has 2 aromatic carbocycles. The molecule has 3 aromatic rings. The van der Waals surface area contributed by atoms with Crippen molar-refractivity contribution in [2.45, 2.75) is 6.92 Å². The third-order valence-corrected chi connectivity index (χ3v) is 3.79. The van der Waals surface area contributed by atoms with Crippen LogP contribution in [0.15, 0.2) is 45.4 Å². The van der Waals surface area contributed by atoms with E-state index in [2.05, 4.69) is 26.1 Å². The lowest BCUT2D eigenvalue weighted by atomic mass is 10.1. The van der Waals surface area contributed by atoms with Gasteiger partial charge in [0.05, 0.1) is 0 Å². The summed E-state index contributed by atoms with van der Waals surface area (Å²) >= 11 is 3.27. The first-order valence-corrected chi connectivity index (χ1v) is 6.93. The Morgan fingerprint density at radius 3 is 2.76 bits per heavy atom. The summed E-state index contributed by atoms with van der Waals surface area (Å²) in [6, 6.07) is 9.32. The number of benzene rings is 2. The van der Waals surface area contributed by atoms with E-state index in [1.54, 1.807) is 31.2 Å². The van der Waals surface area contributed by atoms with Crippen LogP contribution in [0.2, 0.25) is 0 Å². The lowest BCUT2D eigenvalue weighted by Crippen LogP contribution is -1.86. The zero-order valence-corrected chi connectivity index (χ0v) is 12.6. The van der Waals surface area contributed by atoms with E-state index in [1.807, 2.05) is 0 Å². The van der Waals surface area contributed by atoms with Crippen LogP contribution in [0.5, 0.6) is 5.75 Å². The van der Waals surface area contributed by atoms with Crippen molar-refractivity contribution < 1.29 is 14.0 Å². The molecule has 1 N–H and O–H groups in total. The molecule has 0 unspecified atom stereocenters. The van der Waals surface area contributed by atoms with Gasteiger partial charge in [0.15, 0.2) is 0 Å². The lowest BCUT2D eigenvalue weighted by molar-refractivity contribution is 0.430. The third kappa shape index (κ3) is 2.54. The first-order valence-electron chi connectivity index (χ1n) is 6.14. The quantitative estimate of drug-likeness (QED) is 0.749. The largest absolute Gasteiger partial charge is 0.508 e. The van der Waals surface area contributed by atoms with E-state index in [1.165, 1.54) is 12.1 Å². The molecule has 0 atom stereocenters. The van der Waals surface area contributed by atoms with E-state index in [9.17, 15) is 9.50 Å². The molecule has 0 saturated heterocycles. The number of aromatic hydroxyl groups is 1. The summed E-state index contributed by atoms with van der Waals surface area (Å²) in [5.74, 6) is 0.461. The van der Waals surface area contributed by atoms with Crippen LogP contribution in [-0.2, 0) is 0 Å². The van der Waals surface area contributed by atoms with Crippen molar-refractivity contribution in [2.75, 3.05) is 0 Å². The van der Waals surface area contributed by atoms with Crippen LogP contribution in [0.3, 0.4) is 0 Å². The smallest absolute Gasteiger partial charge is 0.258 e. The van der Waals surface area contributed by atoms with Crippen LogP contribution in [0.4, 0.5) is 4.39 Å². The Hall–Kier alpha value is -2.21. The predicted molar refractivity (Wildman–Crippen MR) is 79.2 cm³/mol. The molecule has 0 spiro atoms. The summed E-state index contributed by atoms with van der Waals surface area (Å²) in [6.45, 7) is 1.77. The fourth-order valence-corrected chi connectivity index (χ4v) is 2.50. The van der Waals surface area contributed by atoms with Crippen molar-refractivity contribution in [1.29, 1.82) is 0 Å². The van der Waals surface area contributed by atoms with Crippen LogP contribution < -0.4 is 0 Å². The second-order valence-electron chi connectivity index (χ2n) is 4.50. The Labute approximate surface area is 128 Å². The molecule has 0 amide bonds. The Morgan fingerprint density at radius 1 is 1.19 bits per heavy atom. The Kier molecular flexibility index (Phi) is 3.47. The number of phenolic OH excluding ortho intramolecular Hbond substituents is 1. The molecule has 0 radical (unpaired) electrons. The number of rotatable bonds is 2. The van der Waals surface area contributed by atoms with Gasteiger partial charge in [0.2, 0.25) is 5.82 Å². The third-order valence-electron chi connectivity index (χ3n) is 3.13. The zero-order chi connectivity index (χ0) is 15.0. The van der Waals surface area contributed by atoms with Gasteiger partial charge in [-0.15, -0.1) is 0 Å². The molecule has 1 aromatic heterocycles. The highest BCUT2D eigenvalue weighted by atomic mass is 79.9. The zero-order valence-electron chi connectivity index (χ0n) is 11.0. The van der Waals surface area contributed by atoms with Gasteiger partial charge in [0.1, 0.15) is 11.6 Å². The van der Waals surface area contributed by atoms with Crippen LogP contribution in [-0.4, -0.2) is 15.2 Å². The molecule has 4 nitrogen and oxygen atoms in total. The molecule has 0 saturated carbocycles. The fraction of sp³-hybridized carbons (Fsp3) is 0.0667. The molecule has 1 heterocycles. The molecule has 0 aliphatic carbocycles. The molecular weight excluding hydrogens is 339 g/mol. The van der Waals surface area contributed by atoms with E-state index in [-0.39, 0.29) is 11.6 Å². The number of halogens is 2. The molecule has 21 heavy (non-hydrogen) atoms. The highest BCUT2D eigenvalue weighted by Gasteiger charge is 2.15. The summed E-state index contributed by atoms with van der Waals surface area (Å²) in [4.78, 5) is 4.30. The standard InChI is InChI=1S/C15H10BrFN2O2/c1-8-10(3-2-4-13(8)20)15-18-14(19-21-15)11-6-5-9(17)7-12(11)16/h2-7,20H,1H3. The summed E-state index contributed by atoms with van der Waals surface area (Å²) < 4.78 is 18.9. The maximum absolute atomic E-state index is 13.1. The topological polar surface area (TPSA) is 59.2 Å². The first kappa shape index (κ1) is 13.8. The van der Waals surface area contributed by atoms with E-state index < -0.39 is 0 Å². The second-order valence-corrected chi connectivity index (χ2v) is 5.35. The molecule has 3 rings (SSSR count). The number of nitrogens with zero attached hydrogens (tertiary/aromatic N) is 2. The molecule has 0 aliphatic heterocycles. The minimum atomic E-state index is -0.349. The van der Waals surface area contributed by atoms with E-state index >= 15 is 0 Å². The molecule has 0 bridgehead atoms. The SMILES string of the molecule is Cc1c(O)cccc1-c1nc(-c2ccc(F)cc2Br)no1. The second kappa shape index (κ2) is 5.29. The normalized spacial score (nSPS) is 10.8. The van der Waals surface area contributed by atoms with Crippen LogP contribution in [0.25, 0.3) is 22.8 Å². The van der Waals surface area contributed by atoms with Gasteiger partial charge in [0, 0.05) is 21.2 Å². The highest BCUT2D eigenvalue weighted by molar-refractivity contribution is 9.10. The number of phenols is 1. The fourth-order valence-electron chi connectivity index (χ4n) is 1.97. The minimum Gasteiger partial charge on any atom is -0.508 e. The summed E-state index contributed by atoms with van der Waals surface area (Å²) in [6.07, 6.45) is 0. The lowest BCUT2D eigenvalue weighted by Gasteiger charge is -2.02. The Morgan fingerprint density at radius 2 is 2.00 bits per heavy atom.